The van der Waals surface area contributed by atoms with Crippen LogP contribution in [0.1, 0.15) is 38.8 Å². The highest BCUT2D eigenvalue weighted by Crippen LogP contribution is 2.34. The molecule has 0 fully saturated rings. The fourth-order valence-corrected chi connectivity index (χ4v) is 2.38. The zero-order valence-electron chi connectivity index (χ0n) is 12.4. The van der Waals surface area contributed by atoms with Crippen LogP contribution in [0.15, 0.2) is 18.2 Å². The maximum Gasteiger partial charge on any atom is 0.128 e. The lowest BCUT2D eigenvalue weighted by Crippen LogP contribution is -2.51. The Bertz CT molecular complexity index is 421. The molecule has 1 aromatic carbocycles. The number of likely N-dealkylation sites (N-methyl/N-ethyl adjacent to an activating group) is 2. The van der Waals surface area contributed by atoms with Crippen LogP contribution in [0.3, 0.4) is 0 Å². The lowest BCUT2D eigenvalue weighted by Gasteiger charge is -2.43. The standard InChI is InChI=1S/C15H24F2N2/c1-6-15(3,19(4)5)14(18-7-2)12-10-11(16)8-9-13(12)17/h8-10,14,18H,6-7H2,1-5H3. The average Bonchev–Trinajstić information content (AvgIpc) is 2.38. The van der Waals surface area contributed by atoms with Crippen molar-refractivity contribution in [2.45, 2.75) is 38.8 Å². The Hall–Kier alpha value is -1.00. The van der Waals surface area contributed by atoms with E-state index in [1.54, 1.807) is 0 Å². The number of nitrogens with zero attached hydrogens (tertiary/aromatic N) is 1. The minimum atomic E-state index is -0.406. The molecule has 0 heterocycles. The molecule has 0 aromatic heterocycles. The third-order valence-corrected chi connectivity index (χ3v) is 4.04. The van der Waals surface area contributed by atoms with Crippen LogP contribution in [-0.2, 0) is 0 Å². The van der Waals surface area contributed by atoms with E-state index in [0.717, 1.165) is 12.5 Å². The molecule has 1 aromatic rings. The van der Waals surface area contributed by atoms with E-state index in [0.29, 0.717) is 12.1 Å². The molecule has 2 atom stereocenters. The first kappa shape index (κ1) is 16.1. The van der Waals surface area contributed by atoms with Gasteiger partial charge in [0.15, 0.2) is 0 Å². The number of hydrogen-bond donors (Lipinski definition) is 1. The van der Waals surface area contributed by atoms with Crippen molar-refractivity contribution in [3.63, 3.8) is 0 Å². The van der Waals surface area contributed by atoms with E-state index in [-0.39, 0.29) is 17.4 Å². The van der Waals surface area contributed by atoms with Gasteiger partial charge in [-0.1, -0.05) is 13.8 Å². The van der Waals surface area contributed by atoms with Gasteiger partial charge in [0.05, 0.1) is 6.04 Å². The number of halogens is 2. The number of hydrogen-bond acceptors (Lipinski definition) is 2. The van der Waals surface area contributed by atoms with Gasteiger partial charge >= 0.3 is 0 Å². The smallest absolute Gasteiger partial charge is 0.128 e. The van der Waals surface area contributed by atoms with Crippen molar-refractivity contribution in [1.29, 1.82) is 0 Å². The van der Waals surface area contributed by atoms with Crippen molar-refractivity contribution in [3.8, 4) is 0 Å². The minimum absolute atomic E-state index is 0.256. The molecular weight excluding hydrogens is 246 g/mol. The molecular formula is C15H24F2N2. The van der Waals surface area contributed by atoms with Crippen LogP contribution in [0.2, 0.25) is 0 Å². The molecule has 2 unspecified atom stereocenters. The number of rotatable bonds is 6. The zero-order chi connectivity index (χ0) is 14.6. The summed E-state index contributed by atoms with van der Waals surface area (Å²) in [5, 5.41) is 3.29. The molecule has 0 saturated heterocycles. The first-order valence-corrected chi connectivity index (χ1v) is 6.72. The van der Waals surface area contributed by atoms with Gasteiger partial charge in [0.2, 0.25) is 0 Å². The second-order valence-corrected chi connectivity index (χ2v) is 5.26. The molecule has 0 spiro atoms. The van der Waals surface area contributed by atoms with Crippen molar-refractivity contribution in [3.05, 3.63) is 35.4 Å². The lowest BCUT2D eigenvalue weighted by atomic mass is 9.83. The van der Waals surface area contributed by atoms with Crippen molar-refractivity contribution >= 4 is 0 Å². The maximum atomic E-state index is 14.0. The predicted octanol–water partition coefficient (Wildman–Crippen LogP) is 3.35. The molecule has 19 heavy (non-hydrogen) atoms. The molecule has 0 saturated carbocycles. The van der Waals surface area contributed by atoms with Crippen LogP contribution in [-0.4, -0.2) is 31.1 Å². The van der Waals surface area contributed by atoms with Gasteiger partial charge in [0.1, 0.15) is 11.6 Å². The minimum Gasteiger partial charge on any atom is -0.309 e. The Morgan fingerprint density at radius 2 is 1.89 bits per heavy atom. The summed E-state index contributed by atoms with van der Waals surface area (Å²) in [6, 6.07) is 3.38. The van der Waals surface area contributed by atoms with E-state index in [9.17, 15) is 8.78 Å². The fraction of sp³-hybridized carbons (Fsp3) is 0.600. The van der Waals surface area contributed by atoms with Gasteiger partial charge in [-0.3, -0.25) is 0 Å². The largest absolute Gasteiger partial charge is 0.309 e. The van der Waals surface area contributed by atoms with Crippen molar-refractivity contribution in [1.82, 2.24) is 10.2 Å². The molecule has 0 aliphatic carbocycles. The van der Waals surface area contributed by atoms with Gasteiger partial charge in [-0.15, -0.1) is 0 Å². The highest BCUT2D eigenvalue weighted by molar-refractivity contribution is 5.26. The Morgan fingerprint density at radius 3 is 2.37 bits per heavy atom. The van der Waals surface area contributed by atoms with Crippen LogP contribution < -0.4 is 5.32 Å². The summed E-state index contributed by atoms with van der Waals surface area (Å²) in [6.07, 6.45) is 0.827. The lowest BCUT2D eigenvalue weighted by molar-refractivity contribution is 0.111. The van der Waals surface area contributed by atoms with Gasteiger partial charge < -0.3 is 10.2 Å². The number of nitrogens with one attached hydrogen (secondary N) is 1. The van der Waals surface area contributed by atoms with E-state index in [4.69, 9.17) is 0 Å². The van der Waals surface area contributed by atoms with E-state index in [1.165, 1.54) is 12.1 Å². The average molecular weight is 270 g/mol. The molecule has 108 valence electrons. The fourth-order valence-electron chi connectivity index (χ4n) is 2.38. The monoisotopic (exact) mass is 270 g/mol. The van der Waals surface area contributed by atoms with Crippen LogP contribution in [0.25, 0.3) is 0 Å². The third kappa shape index (κ3) is 3.31. The SMILES string of the molecule is CCNC(c1cc(F)ccc1F)C(C)(CC)N(C)C. The van der Waals surface area contributed by atoms with Crippen LogP contribution >= 0.6 is 0 Å². The maximum absolute atomic E-state index is 14.0. The summed E-state index contributed by atoms with van der Waals surface area (Å²) in [6.45, 7) is 6.78. The first-order valence-electron chi connectivity index (χ1n) is 6.72. The van der Waals surface area contributed by atoms with Crippen LogP contribution in [0.4, 0.5) is 8.78 Å². The quantitative estimate of drug-likeness (QED) is 0.853. The van der Waals surface area contributed by atoms with E-state index in [2.05, 4.69) is 24.1 Å². The summed E-state index contributed by atoms with van der Waals surface area (Å²) in [5.74, 6) is -0.773. The molecule has 0 aliphatic rings. The molecule has 1 N–H and O–H groups in total. The highest BCUT2D eigenvalue weighted by atomic mass is 19.1. The molecule has 4 heteroatoms. The van der Waals surface area contributed by atoms with Crippen molar-refractivity contribution in [2.24, 2.45) is 0 Å². The third-order valence-electron chi connectivity index (χ3n) is 4.04. The van der Waals surface area contributed by atoms with E-state index < -0.39 is 5.82 Å². The normalized spacial score (nSPS) is 16.4. The Kier molecular flexibility index (Phi) is 5.44. The second-order valence-electron chi connectivity index (χ2n) is 5.26. The first-order chi connectivity index (χ1) is 8.86. The molecule has 0 bridgehead atoms. The van der Waals surface area contributed by atoms with E-state index in [1.807, 2.05) is 21.0 Å². The highest BCUT2D eigenvalue weighted by Gasteiger charge is 2.36. The van der Waals surface area contributed by atoms with Crippen LogP contribution in [0, 0.1) is 11.6 Å². The van der Waals surface area contributed by atoms with Gasteiger partial charge in [-0.25, -0.2) is 8.78 Å². The second kappa shape index (κ2) is 6.44. The topological polar surface area (TPSA) is 15.3 Å². The van der Waals surface area contributed by atoms with Gasteiger partial charge in [0.25, 0.3) is 0 Å². The zero-order valence-corrected chi connectivity index (χ0v) is 12.4. The molecule has 2 nitrogen and oxygen atoms in total. The molecule has 1 rings (SSSR count). The van der Waals surface area contributed by atoms with Gasteiger partial charge in [0, 0.05) is 11.1 Å². The predicted molar refractivity (Wildman–Crippen MR) is 75.2 cm³/mol. The number of benzene rings is 1. The molecule has 0 radical (unpaired) electrons. The summed E-state index contributed by atoms with van der Waals surface area (Å²) in [7, 11) is 3.93. The summed E-state index contributed by atoms with van der Waals surface area (Å²) in [4.78, 5) is 2.06. The van der Waals surface area contributed by atoms with Gasteiger partial charge in [-0.05, 0) is 52.2 Å². The van der Waals surface area contributed by atoms with E-state index >= 15 is 0 Å². The summed E-state index contributed by atoms with van der Waals surface area (Å²) < 4.78 is 27.5. The summed E-state index contributed by atoms with van der Waals surface area (Å²) >= 11 is 0. The Morgan fingerprint density at radius 1 is 1.26 bits per heavy atom. The molecule has 0 aliphatic heterocycles. The molecule has 0 amide bonds. The van der Waals surface area contributed by atoms with Crippen molar-refractivity contribution in [2.75, 3.05) is 20.6 Å². The van der Waals surface area contributed by atoms with Gasteiger partial charge in [-0.2, -0.15) is 0 Å². The van der Waals surface area contributed by atoms with Crippen molar-refractivity contribution < 1.29 is 8.78 Å². The summed E-state index contributed by atoms with van der Waals surface area (Å²) in [5.41, 5.74) is 0.102. The Labute approximate surface area is 114 Å². The Balaban J connectivity index is 3.30. The van der Waals surface area contributed by atoms with Crippen LogP contribution in [0.5, 0.6) is 0 Å².